The zero-order chi connectivity index (χ0) is 14.9. The molecule has 4 heteroatoms. The van der Waals surface area contributed by atoms with Gasteiger partial charge in [0.05, 0.1) is 12.5 Å². The molecule has 1 aliphatic rings. The summed E-state index contributed by atoms with van der Waals surface area (Å²) in [7, 11) is 1.59. The summed E-state index contributed by atoms with van der Waals surface area (Å²) in [5.74, 6) is -0.130. The topological polar surface area (TPSA) is 59.4 Å². The van der Waals surface area contributed by atoms with Gasteiger partial charge in [-0.1, -0.05) is 25.3 Å². The average Bonchev–Trinajstić information content (AvgIpc) is 2.54. The normalized spacial score (nSPS) is 17.6. The van der Waals surface area contributed by atoms with Crippen LogP contribution in [0.1, 0.15) is 37.7 Å². The molecular weight excluding hydrogens is 266 g/mol. The molecule has 1 aromatic heterocycles. The Morgan fingerprint density at radius 1 is 1.24 bits per heavy atom. The molecule has 1 aliphatic carbocycles. The van der Waals surface area contributed by atoms with E-state index in [1.807, 2.05) is 24.3 Å². The monoisotopic (exact) mass is 285 g/mol. The van der Waals surface area contributed by atoms with Crippen LogP contribution in [0.4, 0.5) is 0 Å². The lowest BCUT2D eigenvalue weighted by Crippen LogP contribution is -2.37. The minimum absolute atomic E-state index is 0.576. The molecule has 0 aliphatic heterocycles. The lowest BCUT2D eigenvalue weighted by atomic mass is 9.69. The molecule has 110 valence electrons. The van der Waals surface area contributed by atoms with Gasteiger partial charge in [0.25, 0.3) is 0 Å². The molecule has 1 aromatic carbocycles. The van der Waals surface area contributed by atoms with Crippen LogP contribution in [0.2, 0.25) is 0 Å². The van der Waals surface area contributed by atoms with Crippen LogP contribution >= 0.6 is 0 Å². The molecule has 21 heavy (non-hydrogen) atoms. The van der Waals surface area contributed by atoms with Crippen LogP contribution in [0.3, 0.4) is 0 Å². The number of benzene rings is 1. The second kappa shape index (κ2) is 5.35. The van der Waals surface area contributed by atoms with Gasteiger partial charge in [-0.2, -0.15) is 0 Å². The Hall–Kier alpha value is -2.10. The van der Waals surface area contributed by atoms with E-state index in [1.165, 1.54) is 0 Å². The van der Waals surface area contributed by atoms with Gasteiger partial charge in [-0.25, -0.2) is 4.98 Å². The highest BCUT2D eigenvalue weighted by atomic mass is 16.5. The quantitative estimate of drug-likeness (QED) is 0.937. The fourth-order valence-corrected chi connectivity index (χ4v) is 3.39. The first kappa shape index (κ1) is 13.9. The zero-order valence-electron chi connectivity index (χ0n) is 12.1. The Kier molecular flexibility index (Phi) is 3.53. The van der Waals surface area contributed by atoms with E-state index in [-0.39, 0.29) is 0 Å². The van der Waals surface area contributed by atoms with E-state index in [0.717, 1.165) is 48.4 Å². The van der Waals surface area contributed by atoms with Crippen molar-refractivity contribution in [1.29, 1.82) is 0 Å². The fourth-order valence-electron chi connectivity index (χ4n) is 3.39. The van der Waals surface area contributed by atoms with Gasteiger partial charge < -0.3 is 9.84 Å². The number of carboxylic acid groups (broad SMARTS) is 1. The van der Waals surface area contributed by atoms with Crippen LogP contribution in [0.5, 0.6) is 5.88 Å². The minimum atomic E-state index is -0.733. The van der Waals surface area contributed by atoms with Gasteiger partial charge in [0.1, 0.15) is 0 Å². The maximum absolute atomic E-state index is 11.9. The number of ether oxygens (including phenoxy) is 1. The Morgan fingerprint density at radius 3 is 2.67 bits per heavy atom. The number of pyridine rings is 1. The Labute approximate surface area is 123 Å². The van der Waals surface area contributed by atoms with E-state index in [9.17, 15) is 9.90 Å². The van der Waals surface area contributed by atoms with E-state index in [0.29, 0.717) is 5.88 Å². The summed E-state index contributed by atoms with van der Waals surface area (Å²) in [6.45, 7) is 0. The van der Waals surface area contributed by atoms with Crippen LogP contribution in [0.15, 0.2) is 30.5 Å². The number of hydrogen-bond donors (Lipinski definition) is 1. The molecule has 1 fully saturated rings. The maximum Gasteiger partial charge on any atom is 0.314 e. The Morgan fingerprint density at radius 2 is 2.00 bits per heavy atom. The van der Waals surface area contributed by atoms with E-state index in [2.05, 4.69) is 4.98 Å². The van der Waals surface area contributed by atoms with Gasteiger partial charge in [0.15, 0.2) is 0 Å². The van der Waals surface area contributed by atoms with E-state index >= 15 is 0 Å². The van der Waals surface area contributed by atoms with Crippen molar-refractivity contribution >= 4 is 16.7 Å². The number of hydrogen-bond acceptors (Lipinski definition) is 3. The maximum atomic E-state index is 11.9. The second-order valence-corrected chi connectivity index (χ2v) is 5.70. The van der Waals surface area contributed by atoms with Crippen molar-refractivity contribution in [3.63, 3.8) is 0 Å². The second-order valence-electron chi connectivity index (χ2n) is 5.70. The molecule has 0 bridgehead atoms. The summed E-state index contributed by atoms with van der Waals surface area (Å²) in [6.07, 6.45) is 6.21. The molecule has 3 rings (SSSR count). The SMILES string of the molecule is COc1nccc2cc(C3(C(=O)O)CCCCC3)ccc12. The van der Waals surface area contributed by atoms with Crippen molar-refractivity contribution in [3.8, 4) is 5.88 Å². The number of fused-ring (bicyclic) bond motifs is 1. The number of rotatable bonds is 3. The van der Waals surface area contributed by atoms with Crippen LogP contribution in [0.25, 0.3) is 10.8 Å². The summed E-state index contributed by atoms with van der Waals surface area (Å²) < 4.78 is 5.26. The predicted molar refractivity (Wildman–Crippen MR) is 80.7 cm³/mol. The number of nitrogens with zero attached hydrogens (tertiary/aromatic N) is 1. The summed E-state index contributed by atoms with van der Waals surface area (Å²) in [5, 5.41) is 11.7. The first-order valence-corrected chi connectivity index (χ1v) is 7.34. The zero-order valence-corrected chi connectivity index (χ0v) is 12.1. The molecular formula is C17H19NO3. The van der Waals surface area contributed by atoms with Gasteiger partial charge in [-0.05, 0) is 42.0 Å². The number of aromatic nitrogens is 1. The number of carboxylic acids is 1. The van der Waals surface area contributed by atoms with Crippen molar-refractivity contribution in [2.45, 2.75) is 37.5 Å². The average molecular weight is 285 g/mol. The van der Waals surface area contributed by atoms with Crippen molar-refractivity contribution in [1.82, 2.24) is 4.98 Å². The standard InChI is InChI=1S/C17H19NO3/c1-21-15-14-6-5-13(11-12(14)7-10-18-15)17(16(19)20)8-3-2-4-9-17/h5-7,10-11H,2-4,8-9H2,1H3,(H,19,20). The number of methoxy groups -OCH3 is 1. The largest absolute Gasteiger partial charge is 0.481 e. The molecule has 0 radical (unpaired) electrons. The fraction of sp³-hybridized carbons (Fsp3) is 0.412. The summed E-state index contributed by atoms with van der Waals surface area (Å²) in [4.78, 5) is 16.1. The smallest absolute Gasteiger partial charge is 0.314 e. The number of aliphatic carboxylic acids is 1. The molecule has 4 nitrogen and oxygen atoms in total. The van der Waals surface area contributed by atoms with Crippen molar-refractivity contribution in [3.05, 3.63) is 36.0 Å². The summed E-state index contributed by atoms with van der Waals surface area (Å²) in [5.41, 5.74) is 0.165. The van der Waals surface area contributed by atoms with Crippen LogP contribution < -0.4 is 4.74 Å². The molecule has 0 saturated heterocycles. The lowest BCUT2D eigenvalue weighted by molar-refractivity contribution is -0.145. The van der Waals surface area contributed by atoms with E-state index in [1.54, 1.807) is 13.3 Å². The molecule has 1 saturated carbocycles. The highest BCUT2D eigenvalue weighted by Crippen LogP contribution is 2.41. The highest BCUT2D eigenvalue weighted by molar-refractivity contribution is 5.90. The van der Waals surface area contributed by atoms with E-state index in [4.69, 9.17) is 4.74 Å². The van der Waals surface area contributed by atoms with Gasteiger partial charge >= 0.3 is 5.97 Å². The first-order chi connectivity index (χ1) is 10.2. The molecule has 1 heterocycles. The van der Waals surface area contributed by atoms with Crippen LogP contribution in [0, 0.1) is 0 Å². The molecule has 0 atom stereocenters. The molecule has 2 aromatic rings. The van der Waals surface area contributed by atoms with Gasteiger partial charge in [0.2, 0.25) is 5.88 Å². The Bertz CT molecular complexity index is 675. The van der Waals surface area contributed by atoms with Gasteiger partial charge in [-0.3, -0.25) is 4.79 Å². The Balaban J connectivity index is 2.13. The van der Waals surface area contributed by atoms with E-state index < -0.39 is 11.4 Å². The van der Waals surface area contributed by atoms with Crippen molar-refractivity contribution < 1.29 is 14.6 Å². The predicted octanol–water partition coefficient (Wildman–Crippen LogP) is 3.53. The highest BCUT2D eigenvalue weighted by Gasteiger charge is 2.41. The van der Waals surface area contributed by atoms with Gasteiger partial charge in [-0.15, -0.1) is 0 Å². The third-order valence-corrected chi connectivity index (χ3v) is 4.59. The van der Waals surface area contributed by atoms with Gasteiger partial charge in [0, 0.05) is 11.6 Å². The van der Waals surface area contributed by atoms with Crippen LogP contribution in [-0.2, 0) is 10.2 Å². The molecule has 1 N–H and O–H groups in total. The van der Waals surface area contributed by atoms with Crippen LogP contribution in [-0.4, -0.2) is 23.2 Å². The summed E-state index contributed by atoms with van der Waals surface area (Å²) >= 11 is 0. The van der Waals surface area contributed by atoms with Crippen molar-refractivity contribution in [2.24, 2.45) is 0 Å². The lowest BCUT2D eigenvalue weighted by Gasteiger charge is -2.33. The number of carbonyl (C=O) groups is 1. The third-order valence-electron chi connectivity index (χ3n) is 4.59. The first-order valence-electron chi connectivity index (χ1n) is 7.34. The third kappa shape index (κ3) is 2.24. The minimum Gasteiger partial charge on any atom is -0.481 e. The summed E-state index contributed by atoms with van der Waals surface area (Å²) in [6, 6.07) is 7.74. The molecule has 0 unspecified atom stereocenters. The molecule has 0 spiro atoms. The molecule has 0 amide bonds. The van der Waals surface area contributed by atoms with Crippen molar-refractivity contribution in [2.75, 3.05) is 7.11 Å².